The first kappa shape index (κ1) is 12.3. The van der Waals surface area contributed by atoms with Gasteiger partial charge in [-0.15, -0.1) is 0 Å². The van der Waals surface area contributed by atoms with Gasteiger partial charge in [-0.25, -0.2) is 0 Å². The number of halogens is 1. The lowest BCUT2D eigenvalue weighted by molar-refractivity contribution is 0.335. The molecular formula is C11H11ClN4. The highest BCUT2D eigenvalue weighted by molar-refractivity contribution is 6.33. The molecule has 2 N–H and O–H groups in total. The minimum atomic E-state index is 0.218. The molecule has 1 rings (SSSR count). The summed E-state index contributed by atoms with van der Waals surface area (Å²) in [6.07, 6.45) is 0. The maximum atomic E-state index is 8.59. The van der Waals surface area contributed by atoms with Crippen LogP contribution in [0.2, 0.25) is 5.02 Å². The van der Waals surface area contributed by atoms with Crippen LogP contribution < -0.4 is 5.73 Å². The highest BCUT2D eigenvalue weighted by Gasteiger charge is 2.06. The largest absolute Gasteiger partial charge is 0.398 e. The Kier molecular flexibility index (Phi) is 4.60. The van der Waals surface area contributed by atoms with Crippen LogP contribution in [0.1, 0.15) is 5.56 Å². The standard InChI is InChI=1S/C11H11ClN4/c12-10-2-1-9(7-11(10)15)8-16(5-3-13)6-4-14/h1-2,7H,5-6,8,15H2. The first-order valence-electron chi connectivity index (χ1n) is 4.67. The molecule has 0 saturated carbocycles. The van der Waals surface area contributed by atoms with Gasteiger partial charge in [-0.05, 0) is 17.7 Å². The van der Waals surface area contributed by atoms with Gasteiger partial charge < -0.3 is 5.73 Å². The first-order valence-corrected chi connectivity index (χ1v) is 5.05. The number of benzene rings is 1. The van der Waals surface area contributed by atoms with Crippen LogP contribution in [-0.2, 0) is 6.54 Å². The fraction of sp³-hybridized carbons (Fsp3) is 0.273. The van der Waals surface area contributed by atoms with Gasteiger partial charge in [0.1, 0.15) is 0 Å². The molecule has 0 aliphatic rings. The van der Waals surface area contributed by atoms with E-state index in [1.54, 1.807) is 17.0 Å². The molecule has 82 valence electrons. The summed E-state index contributed by atoms with van der Waals surface area (Å²) in [6.45, 7) is 0.953. The quantitative estimate of drug-likeness (QED) is 0.636. The predicted octanol–water partition coefficient (Wildman–Crippen LogP) is 1.77. The van der Waals surface area contributed by atoms with Gasteiger partial charge in [0, 0.05) is 6.54 Å². The van der Waals surface area contributed by atoms with E-state index < -0.39 is 0 Å². The Morgan fingerprint density at radius 2 is 1.88 bits per heavy atom. The van der Waals surface area contributed by atoms with Crippen LogP contribution in [0.3, 0.4) is 0 Å². The zero-order chi connectivity index (χ0) is 12.0. The third-order valence-electron chi connectivity index (χ3n) is 2.06. The third kappa shape index (κ3) is 3.43. The molecule has 16 heavy (non-hydrogen) atoms. The van der Waals surface area contributed by atoms with Crippen LogP contribution >= 0.6 is 11.6 Å². The molecule has 0 fully saturated rings. The highest BCUT2D eigenvalue weighted by atomic mass is 35.5. The summed E-state index contributed by atoms with van der Waals surface area (Å²) in [5.74, 6) is 0. The normalized spacial score (nSPS) is 9.75. The van der Waals surface area contributed by atoms with Crippen LogP contribution in [0.5, 0.6) is 0 Å². The van der Waals surface area contributed by atoms with Crippen molar-refractivity contribution in [2.24, 2.45) is 0 Å². The van der Waals surface area contributed by atoms with Gasteiger partial charge in [-0.2, -0.15) is 10.5 Å². The van der Waals surface area contributed by atoms with Crippen molar-refractivity contribution < 1.29 is 0 Å². The molecule has 0 amide bonds. The Morgan fingerprint density at radius 3 is 2.38 bits per heavy atom. The van der Waals surface area contributed by atoms with Crippen molar-refractivity contribution in [3.63, 3.8) is 0 Å². The first-order chi connectivity index (χ1) is 7.67. The molecule has 0 aliphatic carbocycles. The van der Waals surface area contributed by atoms with E-state index >= 15 is 0 Å². The van der Waals surface area contributed by atoms with E-state index in [0.717, 1.165) is 5.56 Å². The number of rotatable bonds is 4. The van der Waals surface area contributed by atoms with Crippen LogP contribution in [0, 0.1) is 22.7 Å². The molecule has 1 aromatic carbocycles. The molecular weight excluding hydrogens is 224 g/mol. The Labute approximate surface area is 99.4 Å². The minimum absolute atomic E-state index is 0.218. The van der Waals surface area contributed by atoms with Crippen molar-refractivity contribution in [1.29, 1.82) is 10.5 Å². The zero-order valence-electron chi connectivity index (χ0n) is 8.65. The number of hydrogen-bond acceptors (Lipinski definition) is 4. The van der Waals surface area contributed by atoms with E-state index in [-0.39, 0.29) is 13.1 Å². The summed E-state index contributed by atoms with van der Waals surface area (Å²) < 4.78 is 0. The predicted molar refractivity (Wildman–Crippen MR) is 62.4 cm³/mol. The van der Waals surface area contributed by atoms with Crippen molar-refractivity contribution in [2.45, 2.75) is 6.54 Å². The van der Waals surface area contributed by atoms with Gasteiger partial charge in [0.2, 0.25) is 0 Å². The van der Waals surface area contributed by atoms with Crippen molar-refractivity contribution in [3.05, 3.63) is 28.8 Å². The fourth-order valence-electron chi connectivity index (χ4n) is 1.32. The molecule has 0 spiro atoms. The molecule has 0 radical (unpaired) electrons. The van der Waals surface area contributed by atoms with Gasteiger partial charge >= 0.3 is 0 Å². The lowest BCUT2D eigenvalue weighted by Gasteiger charge is -2.15. The van der Waals surface area contributed by atoms with Crippen molar-refractivity contribution >= 4 is 17.3 Å². The summed E-state index contributed by atoms with van der Waals surface area (Å²) in [6, 6.07) is 9.33. The topological polar surface area (TPSA) is 76.8 Å². The van der Waals surface area contributed by atoms with Crippen LogP contribution in [0.25, 0.3) is 0 Å². The highest BCUT2D eigenvalue weighted by Crippen LogP contribution is 2.20. The summed E-state index contributed by atoms with van der Waals surface area (Å²) >= 11 is 5.80. The summed E-state index contributed by atoms with van der Waals surface area (Å²) in [4.78, 5) is 1.72. The second kappa shape index (κ2) is 5.97. The van der Waals surface area contributed by atoms with Gasteiger partial charge in [0.05, 0.1) is 35.9 Å². The maximum Gasteiger partial charge on any atom is 0.0877 e. The Balaban J connectivity index is 2.74. The zero-order valence-corrected chi connectivity index (χ0v) is 9.41. The number of hydrogen-bond donors (Lipinski definition) is 1. The Morgan fingerprint density at radius 1 is 1.25 bits per heavy atom. The number of nitriles is 2. The second-order valence-electron chi connectivity index (χ2n) is 3.32. The monoisotopic (exact) mass is 234 g/mol. The molecule has 0 aromatic heterocycles. The Hall–Kier alpha value is -1.75. The van der Waals surface area contributed by atoms with Gasteiger partial charge in [-0.3, -0.25) is 4.90 Å². The van der Waals surface area contributed by atoms with E-state index in [9.17, 15) is 0 Å². The number of nitrogens with two attached hydrogens (primary N) is 1. The van der Waals surface area contributed by atoms with Crippen molar-refractivity contribution in [2.75, 3.05) is 18.8 Å². The summed E-state index contributed by atoms with van der Waals surface area (Å²) in [5, 5.41) is 17.7. The molecule has 1 aromatic rings. The average Bonchev–Trinajstić information content (AvgIpc) is 2.24. The lowest BCUT2D eigenvalue weighted by atomic mass is 10.2. The third-order valence-corrected chi connectivity index (χ3v) is 2.40. The molecule has 0 bridgehead atoms. The van der Waals surface area contributed by atoms with Crippen molar-refractivity contribution in [3.8, 4) is 12.1 Å². The molecule has 0 aliphatic heterocycles. The fourth-order valence-corrected chi connectivity index (χ4v) is 1.44. The van der Waals surface area contributed by atoms with E-state index in [1.165, 1.54) is 0 Å². The number of nitrogens with zero attached hydrogens (tertiary/aromatic N) is 3. The average molecular weight is 235 g/mol. The molecule has 5 heteroatoms. The molecule has 0 unspecified atom stereocenters. The lowest BCUT2D eigenvalue weighted by Crippen LogP contribution is -2.23. The molecule has 0 saturated heterocycles. The smallest absolute Gasteiger partial charge is 0.0877 e. The summed E-state index contributed by atoms with van der Waals surface area (Å²) in [7, 11) is 0. The van der Waals surface area contributed by atoms with Gasteiger partial charge in [-0.1, -0.05) is 17.7 Å². The van der Waals surface area contributed by atoms with Crippen molar-refractivity contribution in [1.82, 2.24) is 4.90 Å². The Bertz CT molecular complexity index is 428. The van der Waals surface area contributed by atoms with Gasteiger partial charge in [0.25, 0.3) is 0 Å². The van der Waals surface area contributed by atoms with E-state index in [0.29, 0.717) is 17.3 Å². The SMILES string of the molecule is N#CCN(CC#N)Cc1ccc(Cl)c(N)c1. The summed E-state index contributed by atoms with van der Waals surface area (Å²) in [5.41, 5.74) is 7.11. The van der Waals surface area contributed by atoms with Crippen LogP contribution in [0.15, 0.2) is 18.2 Å². The van der Waals surface area contributed by atoms with E-state index in [2.05, 4.69) is 0 Å². The van der Waals surface area contributed by atoms with E-state index in [4.69, 9.17) is 27.9 Å². The van der Waals surface area contributed by atoms with Crippen LogP contribution in [0.4, 0.5) is 5.69 Å². The second-order valence-corrected chi connectivity index (χ2v) is 3.72. The molecule has 0 heterocycles. The minimum Gasteiger partial charge on any atom is -0.398 e. The molecule has 0 atom stereocenters. The number of anilines is 1. The molecule has 4 nitrogen and oxygen atoms in total. The maximum absolute atomic E-state index is 8.59. The van der Waals surface area contributed by atoms with Gasteiger partial charge in [0.15, 0.2) is 0 Å². The van der Waals surface area contributed by atoms with Crippen LogP contribution in [-0.4, -0.2) is 18.0 Å². The number of nitrogen functional groups attached to an aromatic ring is 1. The van der Waals surface area contributed by atoms with E-state index in [1.807, 2.05) is 18.2 Å².